The number of hydrogen-bond donors (Lipinski definition) is 0. The lowest BCUT2D eigenvalue weighted by Crippen LogP contribution is -1.97. The number of aromatic nitrogens is 3. The number of pyridine rings is 1. The monoisotopic (exact) mass is 511 g/mol. The number of hydrogen-bond acceptors (Lipinski definition) is 3. The summed E-state index contributed by atoms with van der Waals surface area (Å²) in [7, 11) is 0. The maximum atomic E-state index is 5.09. The van der Waals surface area contributed by atoms with E-state index in [0.717, 1.165) is 50.5 Å². The second kappa shape index (κ2) is 10.4. The van der Waals surface area contributed by atoms with E-state index in [9.17, 15) is 0 Å². The third kappa shape index (κ3) is 4.77. The van der Waals surface area contributed by atoms with Crippen LogP contribution >= 0.6 is 0 Å². The molecule has 7 aromatic rings. The van der Waals surface area contributed by atoms with Crippen LogP contribution in [-0.2, 0) is 0 Å². The molecule has 5 aromatic carbocycles. The lowest BCUT2D eigenvalue weighted by Gasteiger charge is -2.13. The number of fused-ring (bicyclic) bond motifs is 1. The third-order valence-corrected chi connectivity index (χ3v) is 7.10. The molecule has 188 valence electrons. The standard InChI is InChI=1S/C37H25N3/c1-3-12-27(13-4-1)35-25-36(28-14-5-2-6-15-28)40-37(39-35)33-23-31(22-32(24-33)34-17-9-10-20-38-34)30-19-18-26-11-7-8-16-29(26)21-30/h1-25H. The molecule has 3 heteroatoms. The Morgan fingerprint density at radius 1 is 0.325 bits per heavy atom. The maximum absolute atomic E-state index is 5.09. The number of nitrogens with zero attached hydrogens (tertiary/aromatic N) is 3. The summed E-state index contributed by atoms with van der Waals surface area (Å²) in [6.45, 7) is 0. The van der Waals surface area contributed by atoms with Gasteiger partial charge in [-0.2, -0.15) is 0 Å². The molecule has 0 N–H and O–H groups in total. The van der Waals surface area contributed by atoms with Crippen molar-refractivity contribution in [2.45, 2.75) is 0 Å². The zero-order valence-corrected chi connectivity index (χ0v) is 21.8. The van der Waals surface area contributed by atoms with Crippen LogP contribution < -0.4 is 0 Å². The van der Waals surface area contributed by atoms with Crippen molar-refractivity contribution in [1.29, 1.82) is 0 Å². The smallest absolute Gasteiger partial charge is 0.160 e. The van der Waals surface area contributed by atoms with E-state index in [0.29, 0.717) is 5.82 Å². The molecule has 0 unspecified atom stereocenters. The van der Waals surface area contributed by atoms with E-state index in [1.54, 1.807) is 0 Å². The molecular formula is C37H25N3. The van der Waals surface area contributed by atoms with Crippen LogP contribution in [0.1, 0.15) is 0 Å². The Morgan fingerprint density at radius 2 is 0.925 bits per heavy atom. The first-order valence-corrected chi connectivity index (χ1v) is 13.4. The van der Waals surface area contributed by atoms with Gasteiger partial charge in [-0.15, -0.1) is 0 Å². The van der Waals surface area contributed by atoms with E-state index in [4.69, 9.17) is 9.97 Å². The summed E-state index contributed by atoms with van der Waals surface area (Å²) in [5.41, 5.74) is 9.00. The van der Waals surface area contributed by atoms with E-state index >= 15 is 0 Å². The second-order valence-corrected chi connectivity index (χ2v) is 9.77. The summed E-state index contributed by atoms with van der Waals surface area (Å²) in [6.07, 6.45) is 1.83. The highest BCUT2D eigenvalue weighted by Gasteiger charge is 2.14. The molecule has 0 radical (unpaired) electrons. The van der Waals surface area contributed by atoms with Gasteiger partial charge in [0, 0.05) is 28.5 Å². The second-order valence-electron chi connectivity index (χ2n) is 9.77. The molecule has 0 aliphatic carbocycles. The van der Waals surface area contributed by atoms with Crippen LogP contribution in [0.25, 0.3) is 67.1 Å². The quantitative estimate of drug-likeness (QED) is 0.231. The van der Waals surface area contributed by atoms with Gasteiger partial charge < -0.3 is 0 Å². The molecule has 0 aliphatic rings. The first kappa shape index (κ1) is 23.7. The van der Waals surface area contributed by atoms with Gasteiger partial charge in [0.05, 0.1) is 17.1 Å². The minimum atomic E-state index is 0.681. The largest absolute Gasteiger partial charge is 0.256 e. The number of rotatable bonds is 5. The van der Waals surface area contributed by atoms with Gasteiger partial charge in [0.2, 0.25) is 0 Å². The highest BCUT2D eigenvalue weighted by Crippen LogP contribution is 2.34. The Kier molecular flexibility index (Phi) is 6.15. The average Bonchev–Trinajstić information content (AvgIpc) is 3.05. The predicted octanol–water partition coefficient (Wildman–Crippen LogP) is 9.36. The fourth-order valence-electron chi connectivity index (χ4n) is 5.06. The number of benzene rings is 5. The van der Waals surface area contributed by atoms with E-state index in [1.807, 2.05) is 60.8 Å². The summed E-state index contributed by atoms with van der Waals surface area (Å²) in [5, 5.41) is 2.43. The Balaban J connectivity index is 1.45. The molecule has 0 fully saturated rings. The summed E-state index contributed by atoms with van der Waals surface area (Å²) in [6, 6.07) is 50.2. The topological polar surface area (TPSA) is 38.7 Å². The van der Waals surface area contributed by atoms with E-state index < -0.39 is 0 Å². The molecule has 0 amide bonds. The Hall–Kier alpha value is -5.41. The van der Waals surface area contributed by atoms with Crippen molar-refractivity contribution in [2.75, 3.05) is 0 Å². The molecule has 0 bridgehead atoms. The van der Waals surface area contributed by atoms with Gasteiger partial charge in [-0.1, -0.05) is 103 Å². The highest BCUT2D eigenvalue weighted by atomic mass is 14.9. The van der Waals surface area contributed by atoms with Crippen molar-refractivity contribution < 1.29 is 0 Å². The van der Waals surface area contributed by atoms with Crippen LogP contribution in [0.5, 0.6) is 0 Å². The van der Waals surface area contributed by atoms with Gasteiger partial charge in [0.25, 0.3) is 0 Å². The third-order valence-electron chi connectivity index (χ3n) is 7.10. The molecule has 3 nitrogen and oxygen atoms in total. The first-order valence-electron chi connectivity index (χ1n) is 13.4. The Bertz CT molecular complexity index is 1870. The zero-order chi connectivity index (χ0) is 26.7. The van der Waals surface area contributed by atoms with Gasteiger partial charge >= 0.3 is 0 Å². The van der Waals surface area contributed by atoms with Crippen molar-refractivity contribution in [2.24, 2.45) is 0 Å². The molecule has 0 spiro atoms. The van der Waals surface area contributed by atoms with Crippen LogP contribution in [0, 0.1) is 0 Å². The molecule has 0 saturated carbocycles. The minimum absolute atomic E-state index is 0.681. The maximum Gasteiger partial charge on any atom is 0.160 e. The molecule has 0 saturated heterocycles. The SMILES string of the molecule is c1ccc(-c2cc(-c3ccccc3)nc(-c3cc(-c4ccc5ccccc5c4)cc(-c4ccccn4)c3)n2)cc1. The van der Waals surface area contributed by atoms with Crippen molar-refractivity contribution in [3.8, 4) is 56.3 Å². The molecule has 7 rings (SSSR count). The summed E-state index contributed by atoms with van der Waals surface area (Å²) >= 11 is 0. The van der Waals surface area contributed by atoms with E-state index in [2.05, 4.69) is 96.0 Å². The van der Waals surface area contributed by atoms with Crippen molar-refractivity contribution in [3.63, 3.8) is 0 Å². The summed E-state index contributed by atoms with van der Waals surface area (Å²) < 4.78 is 0. The Labute approximate surface area is 233 Å². The normalized spacial score (nSPS) is 11.0. The molecule has 40 heavy (non-hydrogen) atoms. The van der Waals surface area contributed by atoms with Crippen LogP contribution in [0.2, 0.25) is 0 Å². The van der Waals surface area contributed by atoms with E-state index in [1.165, 1.54) is 10.8 Å². The average molecular weight is 512 g/mol. The fourth-order valence-corrected chi connectivity index (χ4v) is 5.06. The minimum Gasteiger partial charge on any atom is -0.256 e. The van der Waals surface area contributed by atoms with Crippen LogP contribution in [0.15, 0.2) is 152 Å². The molecular weight excluding hydrogens is 486 g/mol. The van der Waals surface area contributed by atoms with Gasteiger partial charge in [0.15, 0.2) is 5.82 Å². The van der Waals surface area contributed by atoms with Crippen LogP contribution in [0.4, 0.5) is 0 Å². The fraction of sp³-hybridized carbons (Fsp3) is 0. The molecule has 0 atom stereocenters. The van der Waals surface area contributed by atoms with Crippen molar-refractivity contribution >= 4 is 10.8 Å². The highest BCUT2D eigenvalue weighted by molar-refractivity contribution is 5.89. The molecule has 2 aromatic heterocycles. The van der Waals surface area contributed by atoms with E-state index in [-0.39, 0.29) is 0 Å². The lowest BCUT2D eigenvalue weighted by atomic mass is 9.96. The van der Waals surface area contributed by atoms with Gasteiger partial charge in [-0.05, 0) is 64.4 Å². The lowest BCUT2D eigenvalue weighted by molar-refractivity contribution is 1.18. The first-order chi connectivity index (χ1) is 19.8. The van der Waals surface area contributed by atoms with Crippen LogP contribution in [0.3, 0.4) is 0 Å². The van der Waals surface area contributed by atoms with Gasteiger partial charge in [0.1, 0.15) is 0 Å². The zero-order valence-electron chi connectivity index (χ0n) is 21.8. The predicted molar refractivity (Wildman–Crippen MR) is 165 cm³/mol. The summed E-state index contributed by atoms with van der Waals surface area (Å²) in [5.74, 6) is 0.681. The van der Waals surface area contributed by atoms with Crippen molar-refractivity contribution in [3.05, 3.63) is 152 Å². The Morgan fingerprint density at radius 3 is 1.60 bits per heavy atom. The summed E-state index contributed by atoms with van der Waals surface area (Å²) in [4.78, 5) is 14.8. The van der Waals surface area contributed by atoms with Gasteiger partial charge in [-0.3, -0.25) is 4.98 Å². The van der Waals surface area contributed by atoms with Crippen LogP contribution in [-0.4, -0.2) is 15.0 Å². The molecule has 0 aliphatic heterocycles. The van der Waals surface area contributed by atoms with Gasteiger partial charge in [-0.25, -0.2) is 9.97 Å². The molecule has 2 heterocycles. The van der Waals surface area contributed by atoms with Crippen molar-refractivity contribution in [1.82, 2.24) is 15.0 Å².